The van der Waals surface area contributed by atoms with Crippen molar-refractivity contribution in [1.82, 2.24) is 0 Å². The minimum atomic E-state index is -0.285. The molecule has 1 aliphatic rings. The fraction of sp³-hybridized carbons (Fsp3) is 0.857. The number of hydrogen-bond acceptors (Lipinski definition) is 2. The van der Waals surface area contributed by atoms with E-state index in [0.29, 0.717) is 17.8 Å². The van der Waals surface area contributed by atoms with Gasteiger partial charge in [0.25, 0.3) is 0 Å². The van der Waals surface area contributed by atoms with Crippen LogP contribution >= 0.6 is 0 Å². The average Bonchev–Trinajstić information content (AvgIpc) is 2.42. The van der Waals surface area contributed by atoms with E-state index in [1.54, 1.807) is 0 Å². The van der Waals surface area contributed by atoms with E-state index in [1.165, 1.54) is 0 Å². The molecule has 4 unspecified atom stereocenters. The first-order chi connectivity index (χ1) is 7.32. The van der Waals surface area contributed by atoms with Crippen LogP contribution in [0, 0.1) is 23.7 Å². The van der Waals surface area contributed by atoms with Crippen LogP contribution in [0.15, 0.2) is 0 Å². The Bertz CT molecular complexity index is 267. The largest absolute Gasteiger partial charge is 0.481 e. The molecule has 0 saturated heterocycles. The molecule has 3 heteroatoms. The normalized spacial score (nSPS) is 36.2. The Hall–Kier alpha value is 0.444. The van der Waals surface area contributed by atoms with Crippen molar-refractivity contribution in [2.45, 2.75) is 60.0 Å². The molecule has 2 nitrogen and oxygen atoms in total. The van der Waals surface area contributed by atoms with Gasteiger partial charge < -0.3 is 4.74 Å². The van der Waals surface area contributed by atoms with Crippen LogP contribution in [-0.4, -0.2) is 11.6 Å². The maximum atomic E-state index is 11.9. The molecule has 1 radical (unpaired) electrons. The summed E-state index contributed by atoms with van der Waals surface area (Å²) in [7, 11) is 0. The van der Waals surface area contributed by atoms with Crippen LogP contribution in [0.25, 0.3) is 0 Å². The Morgan fingerprint density at radius 2 is 1.94 bits per heavy atom. The van der Waals surface area contributed by atoms with Crippen LogP contribution in [0.5, 0.6) is 0 Å². The number of carbonyl (C=O) groups excluding carboxylic acids is 1. The zero-order chi connectivity index (χ0) is 12.5. The Balaban J connectivity index is 0.00000256. The van der Waals surface area contributed by atoms with E-state index in [-0.39, 0.29) is 44.3 Å². The molecular formula is C14H25O2Y-. The molecule has 17 heavy (non-hydrogen) atoms. The van der Waals surface area contributed by atoms with Crippen molar-refractivity contribution in [3.05, 3.63) is 5.92 Å². The quantitative estimate of drug-likeness (QED) is 0.588. The summed E-state index contributed by atoms with van der Waals surface area (Å²) in [6.45, 7) is 12.6. The molecule has 0 aliphatic heterocycles. The molecular weight excluding hydrogens is 289 g/mol. The second-order valence-electron chi connectivity index (χ2n) is 5.61. The van der Waals surface area contributed by atoms with E-state index in [2.05, 4.69) is 27.7 Å². The number of carbonyl (C=O) groups is 1. The smallest absolute Gasteiger partial charge is 0.170 e. The molecule has 0 heterocycles. The van der Waals surface area contributed by atoms with Gasteiger partial charge in [-0.3, -0.25) is 10.7 Å². The minimum Gasteiger partial charge on any atom is -0.481 e. The van der Waals surface area contributed by atoms with Gasteiger partial charge in [0.15, 0.2) is 5.97 Å². The summed E-state index contributed by atoms with van der Waals surface area (Å²) < 4.78 is 5.77. The molecule has 0 aromatic rings. The third kappa shape index (κ3) is 3.47. The van der Waals surface area contributed by atoms with Gasteiger partial charge in [-0.1, -0.05) is 27.7 Å². The van der Waals surface area contributed by atoms with Gasteiger partial charge in [-0.2, -0.15) is 13.3 Å². The summed E-state index contributed by atoms with van der Waals surface area (Å²) in [6, 6.07) is 0. The third-order valence-electron chi connectivity index (χ3n) is 4.65. The number of hydrogen-bond donors (Lipinski definition) is 0. The molecule has 0 amide bonds. The van der Waals surface area contributed by atoms with Gasteiger partial charge in [-0.15, -0.1) is 0 Å². The molecule has 1 rings (SSSR count). The predicted molar refractivity (Wildman–Crippen MR) is 65.8 cm³/mol. The average molecular weight is 314 g/mol. The SMILES string of the molecule is CC[C-](C)C(=O)OC1(C)C(C)CC(C)C1C.[Y]. The first-order valence-corrected chi connectivity index (χ1v) is 6.38. The van der Waals surface area contributed by atoms with E-state index >= 15 is 0 Å². The Morgan fingerprint density at radius 3 is 2.29 bits per heavy atom. The Kier molecular flexibility index (Phi) is 6.74. The van der Waals surface area contributed by atoms with Gasteiger partial charge in [0.2, 0.25) is 0 Å². The third-order valence-corrected chi connectivity index (χ3v) is 4.65. The van der Waals surface area contributed by atoms with Gasteiger partial charge in [-0.05, 0) is 31.1 Å². The maximum Gasteiger partial charge on any atom is 0.170 e. The van der Waals surface area contributed by atoms with Crippen molar-refractivity contribution in [2.24, 2.45) is 17.8 Å². The fourth-order valence-electron chi connectivity index (χ4n) is 2.63. The van der Waals surface area contributed by atoms with E-state index in [0.717, 1.165) is 18.8 Å². The van der Waals surface area contributed by atoms with Gasteiger partial charge >= 0.3 is 0 Å². The van der Waals surface area contributed by atoms with E-state index in [1.807, 2.05) is 13.8 Å². The van der Waals surface area contributed by atoms with Crippen LogP contribution < -0.4 is 0 Å². The number of rotatable bonds is 3. The van der Waals surface area contributed by atoms with Crippen LogP contribution in [-0.2, 0) is 42.2 Å². The molecule has 1 aliphatic carbocycles. The van der Waals surface area contributed by atoms with Crippen LogP contribution in [0.2, 0.25) is 0 Å². The fourth-order valence-corrected chi connectivity index (χ4v) is 2.63. The standard InChI is InChI=1S/C14H25O2.Y/c1-7-9(2)13(15)16-14(6)11(4)8-10(3)12(14)5;/h10-12H,7-8H2,1-6H3;/q-1;. The summed E-state index contributed by atoms with van der Waals surface area (Å²) in [5, 5.41) is 0. The maximum absolute atomic E-state index is 11.9. The first-order valence-electron chi connectivity index (χ1n) is 6.38. The first kappa shape index (κ1) is 17.4. The van der Waals surface area contributed by atoms with Crippen LogP contribution in [0.3, 0.4) is 0 Å². The van der Waals surface area contributed by atoms with Gasteiger partial charge in [0, 0.05) is 32.7 Å². The Labute approximate surface area is 131 Å². The topological polar surface area (TPSA) is 26.3 Å². The van der Waals surface area contributed by atoms with E-state index in [4.69, 9.17) is 4.74 Å². The molecule has 4 atom stereocenters. The van der Waals surface area contributed by atoms with E-state index < -0.39 is 0 Å². The molecule has 0 N–H and O–H groups in total. The molecule has 0 bridgehead atoms. The summed E-state index contributed by atoms with van der Waals surface area (Å²) in [6.07, 6.45) is 1.92. The van der Waals surface area contributed by atoms with Crippen molar-refractivity contribution in [3.8, 4) is 0 Å². The number of ether oxygens (including phenoxy) is 1. The zero-order valence-electron chi connectivity index (χ0n) is 12.0. The molecule has 1 saturated carbocycles. The van der Waals surface area contributed by atoms with Gasteiger partial charge in [-0.25, -0.2) is 0 Å². The van der Waals surface area contributed by atoms with Gasteiger partial charge in [0.05, 0.1) is 0 Å². The van der Waals surface area contributed by atoms with Crippen molar-refractivity contribution < 1.29 is 42.2 Å². The van der Waals surface area contributed by atoms with Crippen molar-refractivity contribution >= 4 is 5.97 Å². The monoisotopic (exact) mass is 314 g/mol. The van der Waals surface area contributed by atoms with Crippen LogP contribution in [0.4, 0.5) is 0 Å². The van der Waals surface area contributed by atoms with Crippen molar-refractivity contribution in [2.75, 3.05) is 0 Å². The predicted octanol–water partition coefficient (Wildman–Crippen LogP) is 3.60. The van der Waals surface area contributed by atoms with Crippen LogP contribution in [0.1, 0.15) is 54.4 Å². The minimum absolute atomic E-state index is 0. The van der Waals surface area contributed by atoms with Gasteiger partial charge in [0.1, 0.15) is 5.60 Å². The molecule has 0 aromatic carbocycles. The zero-order valence-corrected chi connectivity index (χ0v) is 14.9. The summed E-state index contributed by atoms with van der Waals surface area (Å²) >= 11 is 0. The summed E-state index contributed by atoms with van der Waals surface area (Å²) in [5.74, 6) is 2.23. The molecule has 0 aromatic heterocycles. The second-order valence-corrected chi connectivity index (χ2v) is 5.61. The Morgan fingerprint density at radius 1 is 1.41 bits per heavy atom. The number of esters is 1. The summed E-state index contributed by atoms with van der Waals surface area (Å²) in [5.41, 5.74) is -0.285. The molecule has 0 spiro atoms. The second kappa shape index (κ2) is 6.56. The van der Waals surface area contributed by atoms with E-state index in [9.17, 15) is 4.79 Å². The molecule has 97 valence electrons. The molecule has 1 fully saturated rings. The summed E-state index contributed by atoms with van der Waals surface area (Å²) in [4.78, 5) is 11.9. The van der Waals surface area contributed by atoms with Crippen molar-refractivity contribution in [1.29, 1.82) is 0 Å². The van der Waals surface area contributed by atoms with Crippen molar-refractivity contribution in [3.63, 3.8) is 0 Å².